The van der Waals surface area contributed by atoms with Gasteiger partial charge in [0.25, 0.3) is 5.91 Å². The Balaban J connectivity index is 1.69. The van der Waals surface area contributed by atoms with E-state index in [-0.39, 0.29) is 23.6 Å². The summed E-state index contributed by atoms with van der Waals surface area (Å²) in [5, 5.41) is 12.7. The van der Waals surface area contributed by atoms with Gasteiger partial charge in [-0.1, -0.05) is 18.2 Å². The minimum atomic E-state index is -0.787. The second-order valence-electron chi connectivity index (χ2n) is 5.17. The van der Waals surface area contributed by atoms with E-state index >= 15 is 0 Å². The van der Waals surface area contributed by atoms with Crippen LogP contribution in [0, 0.1) is 5.92 Å². The highest BCUT2D eigenvalue weighted by Gasteiger charge is 2.31. The van der Waals surface area contributed by atoms with Gasteiger partial charge in [0.05, 0.1) is 5.92 Å². The van der Waals surface area contributed by atoms with E-state index in [1.54, 1.807) is 6.07 Å². The molecule has 0 bridgehead atoms. The molecule has 1 saturated carbocycles. The van der Waals surface area contributed by atoms with Crippen LogP contribution >= 0.6 is 0 Å². The Kier molecular flexibility index (Phi) is 3.18. The molecule has 2 N–H and O–H groups in total. The molecule has 1 amide bonds. The first-order valence-electron chi connectivity index (χ1n) is 6.66. The number of hydrogen-bond donors (Lipinski definition) is 2. The fourth-order valence-corrected chi connectivity index (χ4v) is 2.69. The molecule has 1 aliphatic carbocycles. The lowest BCUT2D eigenvalue weighted by Crippen LogP contribution is -2.33. The lowest BCUT2D eigenvalue weighted by Gasteiger charge is -2.10. The summed E-state index contributed by atoms with van der Waals surface area (Å²) in [4.78, 5) is 23.0. The lowest BCUT2D eigenvalue weighted by atomic mass is 10.1. The van der Waals surface area contributed by atoms with Crippen molar-refractivity contribution in [2.75, 3.05) is 0 Å². The Bertz CT molecular complexity index is 628. The molecule has 3 rings (SSSR count). The fraction of sp³-hybridized carbons (Fsp3) is 0.333. The van der Waals surface area contributed by atoms with E-state index < -0.39 is 5.97 Å². The number of carbonyl (C=O) groups excluding carboxylic acids is 1. The van der Waals surface area contributed by atoms with Gasteiger partial charge in [-0.25, -0.2) is 0 Å². The molecule has 5 nitrogen and oxygen atoms in total. The Morgan fingerprint density at radius 1 is 1.25 bits per heavy atom. The lowest BCUT2D eigenvalue weighted by molar-refractivity contribution is -0.141. The van der Waals surface area contributed by atoms with Crippen molar-refractivity contribution in [2.45, 2.75) is 25.3 Å². The van der Waals surface area contributed by atoms with E-state index in [4.69, 9.17) is 9.52 Å². The third-order valence-corrected chi connectivity index (χ3v) is 3.77. The zero-order chi connectivity index (χ0) is 14.1. The summed E-state index contributed by atoms with van der Waals surface area (Å²) in [7, 11) is 0. The first-order valence-corrected chi connectivity index (χ1v) is 6.66. The number of furan rings is 1. The number of hydrogen-bond acceptors (Lipinski definition) is 3. The molecule has 1 heterocycles. The van der Waals surface area contributed by atoms with E-state index in [0.29, 0.717) is 24.8 Å². The van der Waals surface area contributed by atoms with Crippen LogP contribution in [0.25, 0.3) is 11.0 Å². The van der Waals surface area contributed by atoms with Gasteiger partial charge in [0, 0.05) is 11.4 Å². The summed E-state index contributed by atoms with van der Waals surface area (Å²) in [6, 6.07) is 9.04. The number of carbonyl (C=O) groups is 2. The average molecular weight is 273 g/mol. The van der Waals surface area contributed by atoms with Crippen molar-refractivity contribution in [3.63, 3.8) is 0 Å². The molecule has 1 fully saturated rings. The van der Waals surface area contributed by atoms with Crippen molar-refractivity contribution in [2.24, 2.45) is 5.92 Å². The van der Waals surface area contributed by atoms with Crippen LogP contribution < -0.4 is 5.32 Å². The minimum Gasteiger partial charge on any atom is -0.481 e. The van der Waals surface area contributed by atoms with Crippen molar-refractivity contribution in [3.05, 3.63) is 36.1 Å². The number of carboxylic acids is 1. The third kappa shape index (κ3) is 2.39. The molecule has 0 saturated heterocycles. The van der Waals surface area contributed by atoms with Crippen molar-refractivity contribution in [1.82, 2.24) is 5.32 Å². The quantitative estimate of drug-likeness (QED) is 0.900. The Hall–Kier alpha value is -2.30. The molecule has 0 radical (unpaired) electrons. The Morgan fingerprint density at radius 3 is 2.75 bits per heavy atom. The molecular formula is C15H15NO4. The van der Waals surface area contributed by atoms with Crippen LogP contribution in [0.2, 0.25) is 0 Å². The highest BCUT2D eigenvalue weighted by Crippen LogP contribution is 2.26. The molecule has 0 spiro atoms. The molecule has 5 heteroatoms. The second kappa shape index (κ2) is 5.00. The summed E-state index contributed by atoms with van der Waals surface area (Å²) in [5.41, 5.74) is 0.674. The largest absolute Gasteiger partial charge is 0.481 e. The highest BCUT2D eigenvalue weighted by molar-refractivity contribution is 5.96. The smallest absolute Gasteiger partial charge is 0.306 e. The van der Waals surface area contributed by atoms with Crippen LogP contribution in [-0.2, 0) is 4.79 Å². The first kappa shape index (κ1) is 12.7. The van der Waals surface area contributed by atoms with Gasteiger partial charge in [-0.05, 0) is 31.4 Å². The van der Waals surface area contributed by atoms with Gasteiger partial charge >= 0.3 is 5.97 Å². The summed E-state index contributed by atoms with van der Waals surface area (Å²) < 4.78 is 5.49. The van der Waals surface area contributed by atoms with E-state index in [2.05, 4.69) is 5.32 Å². The van der Waals surface area contributed by atoms with Crippen LogP contribution in [0.3, 0.4) is 0 Å². The SMILES string of the molecule is O=C(N[C@H]1CC[C@H](C(=O)O)C1)c1cc2ccccc2o1. The average Bonchev–Trinajstić information content (AvgIpc) is 3.04. The molecule has 1 aromatic carbocycles. The fourth-order valence-electron chi connectivity index (χ4n) is 2.69. The predicted octanol–water partition coefficient (Wildman–Crippen LogP) is 2.42. The molecular weight excluding hydrogens is 258 g/mol. The summed E-state index contributed by atoms with van der Waals surface area (Å²) in [6.07, 6.45) is 1.80. The molecule has 0 unspecified atom stereocenters. The van der Waals surface area contributed by atoms with Crippen LogP contribution in [-0.4, -0.2) is 23.0 Å². The summed E-state index contributed by atoms with van der Waals surface area (Å²) >= 11 is 0. The van der Waals surface area contributed by atoms with Crippen molar-refractivity contribution < 1.29 is 19.1 Å². The molecule has 20 heavy (non-hydrogen) atoms. The zero-order valence-electron chi connectivity index (χ0n) is 10.8. The highest BCUT2D eigenvalue weighted by atomic mass is 16.4. The van der Waals surface area contributed by atoms with Crippen LogP contribution in [0.1, 0.15) is 29.8 Å². The van der Waals surface area contributed by atoms with Gasteiger partial charge < -0.3 is 14.8 Å². The number of nitrogens with one attached hydrogen (secondary N) is 1. The number of amides is 1. The zero-order valence-corrected chi connectivity index (χ0v) is 10.8. The number of carboxylic acid groups (broad SMARTS) is 1. The van der Waals surface area contributed by atoms with E-state index in [9.17, 15) is 9.59 Å². The molecule has 2 aromatic rings. The first-order chi connectivity index (χ1) is 9.63. The monoisotopic (exact) mass is 273 g/mol. The number of fused-ring (bicyclic) bond motifs is 1. The van der Waals surface area contributed by atoms with Crippen LogP contribution in [0.5, 0.6) is 0 Å². The maximum absolute atomic E-state index is 12.1. The topological polar surface area (TPSA) is 79.5 Å². The molecule has 104 valence electrons. The summed E-state index contributed by atoms with van der Waals surface area (Å²) in [5.74, 6) is -1.15. The standard InChI is InChI=1S/C15H15NO4/c17-14(16-11-6-5-10(7-11)15(18)19)13-8-9-3-1-2-4-12(9)20-13/h1-4,8,10-11H,5-7H2,(H,16,17)(H,18,19)/t10-,11-/m0/s1. The van der Waals surface area contributed by atoms with E-state index in [0.717, 1.165) is 5.39 Å². The van der Waals surface area contributed by atoms with Gasteiger partial charge in [0.2, 0.25) is 0 Å². The van der Waals surface area contributed by atoms with Gasteiger partial charge in [-0.2, -0.15) is 0 Å². The van der Waals surface area contributed by atoms with Gasteiger partial charge in [-0.15, -0.1) is 0 Å². The maximum atomic E-state index is 12.1. The van der Waals surface area contributed by atoms with Gasteiger partial charge in [0.1, 0.15) is 5.58 Å². The molecule has 1 aliphatic rings. The second-order valence-corrected chi connectivity index (χ2v) is 5.17. The van der Waals surface area contributed by atoms with Crippen LogP contribution in [0.4, 0.5) is 0 Å². The van der Waals surface area contributed by atoms with Gasteiger partial charge in [0.15, 0.2) is 5.76 Å². The maximum Gasteiger partial charge on any atom is 0.306 e. The Labute approximate surface area is 115 Å². The van der Waals surface area contributed by atoms with Crippen molar-refractivity contribution >= 4 is 22.8 Å². The number of para-hydroxylation sites is 1. The normalized spacial score (nSPS) is 22.0. The van der Waals surface area contributed by atoms with Crippen molar-refractivity contribution in [3.8, 4) is 0 Å². The number of benzene rings is 1. The van der Waals surface area contributed by atoms with Crippen molar-refractivity contribution in [1.29, 1.82) is 0 Å². The number of aliphatic carboxylic acids is 1. The van der Waals surface area contributed by atoms with E-state index in [1.807, 2.05) is 24.3 Å². The van der Waals surface area contributed by atoms with Crippen LogP contribution in [0.15, 0.2) is 34.7 Å². The summed E-state index contributed by atoms with van der Waals surface area (Å²) in [6.45, 7) is 0. The minimum absolute atomic E-state index is 0.0863. The van der Waals surface area contributed by atoms with E-state index in [1.165, 1.54) is 0 Å². The van der Waals surface area contributed by atoms with Gasteiger partial charge in [-0.3, -0.25) is 9.59 Å². The third-order valence-electron chi connectivity index (χ3n) is 3.77. The molecule has 0 aliphatic heterocycles. The number of rotatable bonds is 3. The predicted molar refractivity (Wildman–Crippen MR) is 72.4 cm³/mol. The Morgan fingerprint density at radius 2 is 2.05 bits per heavy atom. The molecule has 2 atom stereocenters. The molecule has 1 aromatic heterocycles.